The molecule has 0 aliphatic heterocycles. The van der Waals surface area contributed by atoms with Crippen LogP contribution in [-0.2, 0) is 4.74 Å². The highest BCUT2D eigenvalue weighted by Gasteiger charge is 2.52. The molecule has 0 aromatic heterocycles. The Bertz CT molecular complexity index is 189. The molecule has 1 aliphatic rings. The maximum absolute atomic E-state index is 6.35. The maximum atomic E-state index is 6.35. The summed E-state index contributed by atoms with van der Waals surface area (Å²) in [6, 6.07) is 0. The Morgan fingerprint density at radius 2 is 1.93 bits per heavy atom. The molecule has 0 heterocycles. The number of rotatable bonds is 6. The van der Waals surface area contributed by atoms with Crippen molar-refractivity contribution in [3.8, 4) is 0 Å². The van der Waals surface area contributed by atoms with Crippen molar-refractivity contribution < 1.29 is 4.74 Å². The lowest BCUT2D eigenvalue weighted by Gasteiger charge is -2.53. The quantitative estimate of drug-likeness (QED) is 0.618. The Morgan fingerprint density at radius 3 is 2.33 bits per heavy atom. The van der Waals surface area contributed by atoms with Crippen LogP contribution in [0.1, 0.15) is 59.8 Å². The van der Waals surface area contributed by atoms with E-state index < -0.39 is 0 Å². The van der Waals surface area contributed by atoms with E-state index >= 15 is 0 Å². The summed E-state index contributed by atoms with van der Waals surface area (Å²) in [5, 5.41) is 0.325. The van der Waals surface area contributed by atoms with Crippen LogP contribution in [0.15, 0.2) is 0 Å². The second kappa shape index (κ2) is 5.54. The van der Waals surface area contributed by atoms with Crippen LogP contribution in [0, 0.1) is 5.41 Å². The molecule has 0 aromatic rings. The van der Waals surface area contributed by atoms with E-state index in [1.165, 1.54) is 6.42 Å². The van der Waals surface area contributed by atoms with Gasteiger partial charge in [-0.1, -0.05) is 27.2 Å². The predicted octanol–water partition coefficient (Wildman–Crippen LogP) is 4.38. The minimum Gasteiger partial charge on any atom is -0.375 e. The molecule has 1 aliphatic carbocycles. The molecule has 3 atom stereocenters. The van der Waals surface area contributed by atoms with Crippen LogP contribution in [0.25, 0.3) is 0 Å². The first kappa shape index (κ1) is 13.3. The van der Waals surface area contributed by atoms with Crippen molar-refractivity contribution >= 4 is 11.6 Å². The molecule has 1 fully saturated rings. The predicted molar refractivity (Wildman–Crippen MR) is 66.5 cm³/mol. The van der Waals surface area contributed by atoms with Gasteiger partial charge in [0.15, 0.2) is 0 Å². The van der Waals surface area contributed by atoms with Gasteiger partial charge in [-0.15, -0.1) is 11.6 Å². The summed E-state index contributed by atoms with van der Waals surface area (Å²) in [5.74, 6) is 0. The highest BCUT2D eigenvalue weighted by atomic mass is 35.5. The van der Waals surface area contributed by atoms with E-state index in [1.807, 2.05) is 0 Å². The minimum atomic E-state index is 0.254. The molecule has 1 nitrogen and oxygen atoms in total. The van der Waals surface area contributed by atoms with Crippen LogP contribution in [0.2, 0.25) is 0 Å². The Hall–Kier alpha value is 0.250. The second-order valence-corrected chi connectivity index (χ2v) is 5.39. The average molecular weight is 233 g/mol. The summed E-state index contributed by atoms with van der Waals surface area (Å²) in [6.07, 6.45) is 6.47. The van der Waals surface area contributed by atoms with Gasteiger partial charge in [0.05, 0.1) is 12.2 Å². The third-order valence-electron chi connectivity index (χ3n) is 4.09. The van der Waals surface area contributed by atoms with Gasteiger partial charge in [-0.25, -0.2) is 0 Å². The molecule has 3 unspecified atom stereocenters. The van der Waals surface area contributed by atoms with Crippen LogP contribution in [0.5, 0.6) is 0 Å². The van der Waals surface area contributed by atoms with E-state index in [2.05, 4.69) is 27.7 Å². The monoisotopic (exact) mass is 232 g/mol. The fourth-order valence-electron chi connectivity index (χ4n) is 2.79. The normalized spacial score (nSPS) is 31.0. The van der Waals surface area contributed by atoms with Crippen molar-refractivity contribution in [3.63, 3.8) is 0 Å². The topological polar surface area (TPSA) is 9.23 Å². The first-order chi connectivity index (χ1) is 7.10. The fourth-order valence-corrected chi connectivity index (χ4v) is 3.40. The van der Waals surface area contributed by atoms with Gasteiger partial charge in [-0.2, -0.15) is 0 Å². The van der Waals surface area contributed by atoms with E-state index in [1.54, 1.807) is 0 Å². The number of halogens is 1. The van der Waals surface area contributed by atoms with Crippen molar-refractivity contribution in [2.24, 2.45) is 5.41 Å². The van der Waals surface area contributed by atoms with Gasteiger partial charge < -0.3 is 4.74 Å². The molecule has 0 radical (unpaired) electrons. The highest BCUT2D eigenvalue weighted by Crippen LogP contribution is 2.52. The second-order valence-electron chi connectivity index (χ2n) is 4.87. The standard InChI is InChI=1S/C13H25ClO/c1-5-8-10(4)15-12-9-11(14)13(12,6-2)7-3/h10-12H,5-9H2,1-4H3. The van der Waals surface area contributed by atoms with Crippen LogP contribution in [-0.4, -0.2) is 17.6 Å². The van der Waals surface area contributed by atoms with E-state index in [9.17, 15) is 0 Å². The molecule has 1 saturated carbocycles. The number of alkyl halides is 1. The highest BCUT2D eigenvalue weighted by molar-refractivity contribution is 6.21. The van der Waals surface area contributed by atoms with Gasteiger partial charge in [0.1, 0.15) is 0 Å². The molecule has 15 heavy (non-hydrogen) atoms. The third kappa shape index (κ3) is 2.50. The Morgan fingerprint density at radius 1 is 1.33 bits per heavy atom. The van der Waals surface area contributed by atoms with Gasteiger partial charge in [-0.05, 0) is 32.6 Å². The maximum Gasteiger partial charge on any atom is 0.0663 e. The first-order valence-corrected chi connectivity index (χ1v) is 6.83. The molecule has 0 amide bonds. The molecule has 0 spiro atoms. The molecular weight excluding hydrogens is 208 g/mol. The lowest BCUT2D eigenvalue weighted by molar-refractivity contribution is -0.139. The van der Waals surface area contributed by atoms with Crippen molar-refractivity contribution in [2.45, 2.75) is 77.4 Å². The van der Waals surface area contributed by atoms with Gasteiger partial charge in [0.25, 0.3) is 0 Å². The van der Waals surface area contributed by atoms with Crippen LogP contribution >= 0.6 is 11.6 Å². The van der Waals surface area contributed by atoms with Gasteiger partial charge in [-0.3, -0.25) is 0 Å². The zero-order valence-corrected chi connectivity index (χ0v) is 11.3. The van der Waals surface area contributed by atoms with Crippen LogP contribution in [0.3, 0.4) is 0 Å². The molecule has 0 aromatic carbocycles. The smallest absolute Gasteiger partial charge is 0.0663 e. The lowest BCUT2D eigenvalue weighted by Crippen LogP contribution is -2.55. The summed E-state index contributed by atoms with van der Waals surface area (Å²) >= 11 is 6.35. The summed E-state index contributed by atoms with van der Waals surface area (Å²) < 4.78 is 6.11. The number of hydrogen-bond donors (Lipinski definition) is 0. The molecule has 90 valence electrons. The van der Waals surface area contributed by atoms with Crippen molar-refractivity contribution in [3.05, 3.63) is 0 Å². The van der Waals surface area contributed by atoms with Crippen LogP contribution in [0.4, 0.5) is 0 Å². The Balaban J connectivity index is 2.49. The van der Waals surface area contributed by atoms with E-state index in [0.717, 1.165) is 25.7 Å². The van der Waals surface area contributed by atoms with Gasteiger partial charge in [0, 0.05) is 10.8 Å². The largest absolute Gasteiger partial charge is 0.375 e. The summed E-state index contributed by atoms with van der Waals surface area (Å²) in [5.41, 5.74) is 0.254. The lowest BCUT2D eigenvalue weighted by atomic mass is 9.62. The minimum absolute atomic E-state index is 0.254. The number of ether oxygens (including phenoxy) is 1. The molecule has 0 saturated heterocycles. The first-order valence-electron chi connectivity index (χ1n) is 6.40. The van der Waals surface area contributed by atoms with E-state index in [0.29, 0.717) is 17.6 Å². The van der Waals surface area contributed by atoms with Gasteiger partial charge >= 0.3 is 0 Å². The van der Waals surface area contributed by atoms with Crippen molar-refractivity contribution in [2.75, 3.05) is 0 Å². The SMILES string of the molecule is CCCC(C)OC1CC(Cl)C1(CC)CC. The third-order valence-corrected chi connectivity index (χ3v) is 4.71. The molecule has 0 N–H and O–H groups in total. The van der Waals surface area contributed by atoms with E-state index in [-0.39, 0.29) is 5.41 Å². The Kier molecular flexibility index (Phi) is 4.92. The van der Waals surface area contributed by atoms with Gasteiger partial charge in [0.2, 0.25) is 0 Å². The summed E-state index contributed by atoms with van der Waals surface area (Å²) in [6.45, 7) is 8.86. The molecular formula is C13H25ClO. The molecule has 2 heteroatoms. The number of hydrogen-bond acceptors (Lipinski definition) is 1. The summed E-state index contributed by atoms with van der Waals surface area (Å²) in [4.78, 5) is 0. The zero-order valence-electron chi connectivity index (χ0n) is 10.6. The van der Waals surface area contributed by atoms with Crippen molar-refractivity contribution in [1.29, 1.82) is 0 Å². The fraction of sp³-hybridized carbons (Fsp3) is 1.00. The Labute approximate surface area is 99.5 Å². The molecule has 1 rings (SSSR count). The van der Waals surface area contributed by atoms with Crippen molar-refractivity contribution in [1.82, 2.24) is 0 Å². The summed E-state index contributed by atoms with van der Waals surface area (Å²) in [7, 11) is 0. The zero-order chi connectivity index (χ0) is 11.5. The van der Waals surface area contributed by atoms with Crippen LogP contribution < -0.4 is 0 Å². The van der Waals surface area contributed by atoms with E-state index in [4.69, 9.17) is 16.3 Å². The average Bonchev–Trinajstić information content (AvgIpc) is 2.19. The molecule has 0 bridgehead atoms.